The number of hydrogen-bond acceptors (Lipinski definition) is 6. The zero-order valence-corrected chi connectivity index (χ0v) is 19.0. The van der Waals surface area contributed by atoms with Crippen molar-refractivity contribution in [3.63, 3.8) is 0 Å². The predicted molar refractivity (Wildman–Crippen MR) is 128 cm³/mol. The molecule has 2 aromatic rings. The van der Waals surface area contributed by atoms with Crippen molar-refractivity contribution >= 4 is 34.8 Å². The normalized spacial score (nSPS) is 13.1. The molecule has 1 aliphatic rings. The van der Waals surface area contributed by atoms with E-state index in [4.69, 9.17) is 6.42 Å². The van der Waals surface area contributed by atoms with E-state index in [2.05, 4.69) is 11.2 Å². The van der Waals surface area contributed by atoms with E-state index in [1.54, 1.807) is 29.2 Å². The molecule has 34 heavy (non-hydrogen) atoms. The smallest absolute Gasteiger partial charge is 0.293 e. The van der Waals surface area contributed by atoms with Crippen molar-refractivity contribution in [1.82, 2.24) is 9.80 Å². The monoisotopic (exact) mass is 463 g/mol. The molecular weight excluding hydrogens is 438 g/mol. The Bertz CT molecular complexity index is 1160. The highest BCUT2D eigenvalue weighted by Gasteiger charge is 2.26. The number of benzene rings is 2. The van der Waals surface area contributed by atoms with Crippen LogP contribution in [0.2, 0.25) is 0 Å². The summed E-state index contributed by atoms with van der Waals surface area (Å²) in [6, 6.07) is 11.0. The Morgan fingerprint density at radius 2 is 1.85 bits per heavy atom. The lowest BCUT2D eigenvalue weighted by molar-refractivity contribution is -0.384. The minimum absolute atomic E-state index is 0.0362. The van der Waals surface area contributed by atoms with Crippen molar-refractivity contribution in [3.8, 4) is 12.3 Å². The van der Waals surface area contributed by atoms with E-state index in [1.807, 2.05) is 4.90 Å². The van der Waals surface area contributed by atoms with E-state index >= 15 is 0 Å². The third-order valence-corrected chi connectivity index (χ3v) is 5.53. The molecule has 0 bridgehead atoms. The first kappa shape index (κ1) is 24.3. The van der Waals surface area contributed by atoms with Crippen LogP contribution in [0, 0.1) is 22.5 Å². The molecule has 176 valence electrons. The van der Waals surface area contributed by atoms with Crippen LogP contribution in [0.5, 0.6) is 0 Å². The van der Waals surface area contributed by atoms with Crippen molar-refractivity contribution in [3.05, 3.63) is 63.7 Å². The van der Waals surface area contributed by atoms with Gasteiger partial charge in [-0.3, -0.25) is 24.5 Å². The van der Waals surface area contributed by atoms with Crippen LogP contribution in [0.4, 0.5) is 17.1 Å². The maximum Gasteiger partial charge on any atom is 0.293 e. The number of likely N-dealkylation sites (N-methyl/N-ethyl adjacent to an activating group) is 1. The van der Waals surface area contributed by atoms with Gasteiger partial charge < -0.3 is 20.0 Å². The average Bonchev–Trinajstić information content (AvgIpc) is 2.83. The summed E-state index contributed by atoms with van der Waals surface area (Å²) >= 11 is 0. The van der Waals surface area contributed by atoms with Crippen molar-refractivity contribution in [2.45, 2.75) is 6.92 Å². The second-order valence-electron chi connectivity index (χ2n) is 7.89. The molecule has 2 aromatic carbocycles. The number of hydrogen-bond donors (Lipinski definition) is 1. The van der Waals surface area contributed by atoms with Crippen molar-refractivity contribution < 1.29 is 19.3 Å². The van der Waals surface area contributed by atoms with Gasteiger partial charge in [0.1, 0.15) is 5.69 Å². The molecule has 3 amide bonds. The number of anilines is 2. The standard InChI is InChI=1S/C24H25N5O5/c1-4-18-6-5-7-20(14-18)25-23(31)16-26(3)24(32)19-8-9-21(22(15-19)29(33)34)28-12-10-27(11-13-28)17(2)30/h1,5-9,14-15H,10-13,16H2,2-3H3,(H,25,31). The summed E-state index contributed by atoms with van der Waals surface area (Å²) in [7, 11) is 1.44. The highest BCUT2D eigenvalue weighted by Crippen LogP contribution is 2.30. The zero-order valence-electron chi connectivity index (χ0n) is 19.0. The Morgan fingerprint density at radius 1 is 1.15 bits per heavy atom. The molecule has 3 rings (SSSR count). The number of piperazine rings is 1. The molecular formula is C24H25N5O5. The third-order valence-electron chi connectivity index (χ3n) is 5.53. The van der Waals surface area contributed by atoms with Crippen LogP contribution in [0.15, 0.2) is 42.5 Å². The van der Waals surface area contributed by atoms with Gasteiger partial charge in [-0.2, -0.15) is 0 Å². The van der Waals surface area contributed by atoms with Crippen molar-refractivity contribution in [2.75, 3.05) is 50.0 Å². The second-order valence-corrected chi connectivity index (χ2v) is 7.89. The summed E-state index contributed by atoms with van der Waals surface area (Å²) in [5.41, 5.74) is 1.40. The molecule has 10 nitrogen and oxygen atoms in total. The number of carbonyl (C=O) groups is 3. The number of nitrogens with one attached hydrogen (secondary N) is 1. The zero-order chi connectivity index (χ0) is 24.8. The molecule has 0 aliphatic carbocycles. The third kappa shape index (κ3) is 5.69. The number of nitrogens with zero attached hydrogens (tertiary/aromatic N) is 4. The molecule has 0 spiro atoms. The first-order valence-electron chi connectivity index (χ1n) is 10.6. The Hall–Kier alpha value is -4.39. The molecule has 0 unspecified atom stereocenters. The van der Waals surface area contributed by atoms with Gasteiger partial charge >= 0.3 is 0 Å². The lowest BCUT2D eigenvalue weighted by atomic mass is 10.1. The molecule has 1 heterocycles. The Morgan fingerprint density at radius 3 is 2.47 bits per heavy atom. The lowest BCUT2D eigenvalue weighted by Gasteiger charge is -2.35. The van der Waals surface area contributed by atoms with Gasteiger partial charge in [-0.15, -0.1) is 6.42 Å². The van der Waals surface area contributed by atoms with Gasteiger partial charge in [-0.25, -0.2) is 0 Å². The minimum atomic E-state index is -0.533. The van der Waals surface area contributed by atoms with Gasteiger partial charge in [0.05, 0.1) is 11.5 Å². The molecule has 0 atom stereocenters. The highest BCUT2D eigenvalue weighted by molar-refractivity contribution is 6.00. The Kier molecular flexibility index (Phi) is 7.48. The number of nitro groups is 1. The maximum absolute atomic E-state index is 12.9. The van der Waals surface area contributed by atoms with Gasteiger partial charge in [0.15, 0.2) is 0 Å². The van der Waals surface area contributed by atoms with Crippen LogP contribution >= 0.6 is 0 Å². The van der Waals surface area contributed by atoms with E-state index < -0.39 is 16.7 Å². The van der Waals surface area contributed by atoms with Crippen LogP contribution in [-0.4, -0.2) is 72.2 Å². The number of rotatable bonds is 6. The molecule has 1 aliphatic heterocycles. The molecule has 1 saturated heterocycles. The van der Waals surface area contributed by atoms with E-state index in [-0.39, 0.29) is 23.7 Å². The molecule has 1 fully saturated rings. The van der Waals surface area contributed by atoms with Crippen LogP contribution in [0.25, 0.3) is 0 Å². The summed E-state index contributed by atoms with van der Waals surface area (Å²) in [6.07, 6.45) is 5.36. The van der Waals surface area contributed by atoms with Gasteiger partial charge in [-0.1, -0.05) is 12.0 Å². The second kappa shape index (κ2) is 10.5. The maximum atomic E-state index is 12.9. The summed E-state index contributed by atoms with van der Waals surface area (Å²) in [5.74, 6) is 1.49. The van der Waals surface area contributed by atoms with Gasteiger partial charge in [0.25, 0.3) is 11.6 Å². The largest absolute Gasteiger partial charge is 0.362 e. The van der Waals surface area contributed by atoms with Crippen LogP contribution in [0.1, 0.15) is 22.8 Å². The Labute approximate surface area is 197 Å². The van der Waals surface area contributed by atoms with Gasteiger partial charge in [0.2, 0.25) is 11.8 Å². The summed E-state index contributed by atoms with van der Waals surface area (Å²) in [5, 5.41) is 14.4. The topological polar surface area (TPSA) is 116 Å². The van der Waals surface area contributed by atoms with Gasteiger partial charge in [-0.05, 0) is 30.3 Å². The first-order valence-corrected chi connectivity index (χ1v) is 10.6. The van der Waals surface area contributed by atoms with E-state index in [0.717, 1.165) is 0 Å². The van der Waals surface area contributed by atoms with Crippen molar-refractivity contribution in [2.24, 2.45) is 0 Å². The Balaban J connectivity index is 1.69. The number of nitro benzene ring substituents is 1. The predicted octanol–water partition coefficient (Wildman–Crippen LogP) is 1.96. The fourth-order valence-electron chi connectivity index (χ4n) is 3.73. The molecule has 10 heteroatoms. The number of carbonyl (C=O) groups excluding carboxylic acids is 3. The van der Waals surface area contributed by atoms with E-state index in [0.29, 0.717) is 43.1 Å². The van der Waals surface area contributed by atoms with Crippen LogP contribution < -0.4 is 10.2 Å². The molecule has 0 radical (unpaired) electrons. The van der Waals surface area contributed by atoms with E-state index in [9.17, 15) is 24.5 Å². The lowest BCUT2D eigenvalue weighted by Crippen LogP contribution is -2.48. The fraction of sp³-hybridized carbons (Fsp3) is 0.292. The number of terminal acetylenes is 1. The number of amides is 3. The van der Waals surface area contributed by atoms with Gasteiger partial charge in [0, 0.05) is 63.0 Å². The molecule has 0 aromatic heterocycles. The quantitative estimate of drug-likeness (QED) is 0.398. The summed E-state index contributed by atoms with van der Waals surface area (Å²) in [4.78, 5) is 52.6. The first-order chi connectivity index (χ1) is 16.2. The fourth-order valence-corrected chi connectivity index (χ4v) is 3.73. The van der Waals surface area contributed by atoms with E-state index in [1.165, 1.54) is 37.1 Å². The minimum Gasteiger partial charge on any atom is -0.362 e. The molecule has 1 N–H and O–H groups in total. The SMILES string of the molecule is C#Cc1cccc(NC(=O)CN(C)C(=O)c2ccc(N3CCN(C(C)=O)CC3)c([N+](=O)[O-])c2)c1. The molecule has 0 saturated carbocycles. The summed E-state index contributed by atoms with van der Waals surface area (Å²) in [6.45, 7) is 3.08. The van der Waals surface area contributed by atoms with Crippen molar-refractivity contribution in [1.29, 1.82) is 0 Å². The van der Waals surface area contributed by atoms with Crippen LogP contribution in [0.3, 0.4) is 0 Å². The highest BCUT2D eigenvalue weighted by atomic mass is 16.6. The average molecular weight is 463 g/mol. The van der Waals surface area contributed by atoms with Crippen LogP contribution in [-0.2, 0) is 9.59 Å². The summed E-state index contributed by atoms with van der Waals surface area (Å²) < 4.78 is 0.